The quantitative estimate of drug-likeness (QED) is 0.582. The smallest absolute Gasteiger partial charge is 0.309 e. The van der Waals surface area contributed by atoms with Crippen LogP contribution in [0.2, 0.25) is 0 Å². The monoisotopic (exact) mass is 441 g/mol. The van der Waals surface area contributed by atoms with Gasteiger partial charge in [-0.3, -0.25) is 9.59 Å². The third-order valence-electron chi connectivity index (χ3n) is 5.51. The number of para-hydroxylation sites is 2. The van der Waals surface area contributed by atoms with Gasteiger partial charge < -0.3 is 28.6 Å². The normalized spacial score (nSPS) is 17.0. The maximum absolute atomic E-state index is 12.7. The van der Waals surface area contributed by atoms with Crippen molar-refractivity contribution >= 4 is 11.9 Å². The van der Waals surface area contributed by atoms with Crippen LogP contribution in [0.5, 0.6) is 23.0 Å². The number of amides is 1. The molecule has 1 atom stereocenters. The number of hydrogen-bond donors (Lipinski definition) is 0. The van der Waals surface area contributed by atoms with E-state index in [1.54, 1.807) is 24.1 Å². The minimum atomic E-state index is -0.483. The zero-order chi connectivity index (χ0) is 22.3. The molecule has 2 aromatic rings. The van der Waals surface area contributed by atoms with Gasteiger partial charge in [-0.1, -0.05) is 18.2 Å². The molecular formula is C24H27NO7. The number of rotatable bonds is 8. The van der Waals surface area contributed by atoms with Gasteiger partial charge in [-0.15, -0.1) is 0 Å². The molecule has 1 fully saturated rings. The van der Waals surface area contributed by atoms with Gasteiger partial charge in [-0.2, -0.15) is 0 Å². The molecule has 0 N–H and O–H groups in total. The summed E-state index contributed by atoms with van der Waals surface area (Å²) >= 11 is 0. The van der Waals surface area contributed by atoms with E-state index in [9.17, 15) is 9.59 Å². The Hall–Kier alpha value is -3.42. The van der Waals surface area contributed by atoms with Gasteiger partial charge in [-0.25, -0.2) is 0 Å². The van der Waals surface area contributed by atoms with E-state index in [0.29, 0.717) is 37.0 Å². The van der Waals surface area contributed by atoms with Crippen LogP contribution in [-0.2, 0) is 14.3 Å². The maximum atomic E-state index is 12.7. The minimum Gasteiger partial charge on any atom is -0.493 e. The van der Waals surface area contributed by atoms with E-state index in [1.807, 2.05) is 30.3 Å². The van der Waals surface area contributed by atoms with E-state index in [4.69, 9.17) is 23.7 Å². The van der Waals surface area contributed by atoms with Gasteiger partial charge in [0.25, 0.3) is 5.91 Å². The zero-order valence-electron chi connectivity index (χ0n) is 18.1. The highest BCUT2D eigenvalue weighted by Crippen LogP contribution is 2.38. The first-order valence-electron chi connectivity index (χ1n) is 10.8. The predicted molar refractivity (Wildman–Crippen MR) is 115 cm³/mol. The Morgan fingerprint density at radius 3 is 2.66 bits per heavy atom. The third kappa shape index (κ3) is 5.07. The Kier molecular flexibility index (Phi) is 6.99. The van der Waals surface area contributed by atoms with Gasteiger partial charge in [0, 0.05) is 6.54 Å². The molecule has 2 aliphatic heterocycles. The number of methoxy groups -OCH3 is 1. The third-order valence-corrected chi connectivity index (χ3v) is 5.51. The number of ether oxygens (including phenoxy) is 5. The van der Waals surface area contributed by atoms with Crippen molar-refractivity contribution in [3.8, 4) is 23.0 Å². The second-order valence-electron chi connectivity index (χ2n) is 7.56. The molecule has 1 amide bonds. The molecule has 0 radical (unpaired) electrons. The van der Waals surface area contributed by atoms with E-state index in [1.165, 1.54) is 0 Å². The SMILES string of the molecule is COc1ccccc1OCCC(=O)OCC(=O)N1CCCC1c1ccc2c(c1)OCCO2. The molecule has 0 bridgehead atoms. The average molecular weight is 441 g/mol. The standard InChI is InChI=1S/C24H27NO7/c1-28-19-6-2-3-7-20(19)29-12-10-24(27)32-16-23(26)25-11-4-5-18(25)17-8-9-21-22(15-17)31-14-13-30-21/h2-3,6-9,15,18H,4-5,10-14,16H2,1H3. The lowest BCUT2D eigenvalue weighted by Crippen LogP contribution is -2.34. The Labute approximate surface area is 187 Å². The maximum Gasteiger partial charge on any atom is 0.309 e. The first-order chi connectivity index (χ1) is 15.7. The van der Waals surface area contributed by atoms with E-state index in [0.717, 1.165) is 24.2 Å². The number of likely N-dealkylation sites (tertiary alicyclic amines) is 1. The molecule has 170 valence electrons. The van der Waals surface area contributed by atoms with Crippen LogP contribution in [0, 0.1) is 0 Å². The highest BCUT2D eigenvalue weighted by molar-refractivity contribution is 5.81. The van der Waals surface area contributed by atoms with Crippen molar-refractivity contribution in [1.82, 2.24) is 4.90 Å². The number of benzene rings is 2. The van der Waals surface area contributed by atoms with Gasteiger partial charge in [0.15, 0.2) is 29.6 Å². The lowest BCUT2D eigenvalue weighted by atomic mass is 10.0. The van der Waals surface area contributed by atoms with Crippen LogP contribution in [0.15, 0.2) is 42.5 Å². The summed E-state index contributed by atoms with van der Waals surface area (Å²) in [5, 5.41) is 0. The molecular weight excluding hydrogens is 414 g/mol. The van der Waals surface area contributed by atoms with E-state index in [-0.39, 0.29) is 31.6 Å². The van der Waals surface area contributed by atoms with Crippen molar-refractivity contribution in [2.75, 3.05) is 40.1 Å². The summed E-state index contributed by atoms with van der Waals surface area (Å²) in [5.41, 5.74) is 0.997. The summed E-state index contributed by atoms with van der Waals surface area (Å²) < 4.78 is 27.2. The molecule has 1 unspecified atom stereocenters. The van der Waals surface area contributed by atoms with Gasteiger partial charge in [0.2, 0.25) is 0 Å². The average Bonchev–Trinajstić information content (AvgIpc) is 3.32. The summed E-state index contributed by atoms with van der Waals surface area (Å²) in [6.45, 7) is 1.54. The van der Waals surface area contributed by atoms with Crippen molar-refractivity contribution in [3.63, 3.8) is 0 Å². The van der Waals surface area contributed by atoms with Gasteiger partial charge in [0.05, 0.1) is 26.2 Å². The number of fused-ring (bicyclic) bond motifs is 1. The second kappa shape index (κ2) is 10.3. The predicted octanol–water partition coefficient (Wildman–Crippen LogP) is 3.14. The summed E-state index contributed by atoms with van der Waals surface area (Å²) in [6.07, 6.45) is 1.79. The number of nitrogens with zero attached hydrogens (tertiary/aromatic N) is 1. The zero-order valence-corrected chi connectivity index (χ0v) is 18.1. The lowest BCUT2D eigenvalue weighted by Gasteiger charge is -2.26. The lowest BCUT2D eigenvalue weighted by molar-refractivity contribution is -0.152. The minimum absolute atomic E-state index is 0.0386. The molecule has 0 aromatic heterocycles. The molecule has 2 heterocycles. The molecule has 8 nitrogen and oxygen atoms in total. The van der Waals surface area contributed by atoms with Crippen molar-refractivity contribution in [2.45, 2.75) is 25.3 Å². The van der Waals surface area contributed by atoms with Crippen molar-refractivity contribution in [2.24, 2.45) is 0 Å². The van der Waals surface area contributed by atoms with Crippen molar-refractivity contribution in [3.05, 3.63) is 48.0 Å². The number of carbonyl (C=O) groups is 2. The molecule has 1 saturated heterocycles. The Bertz CT molecular complexity index is 961. The van der Waals surface area contributed by atoms with Crippen LogP contribution in [0.3, 0.4) is 0 Å². The van der Waals surface area contributed by atoms with Crippen molar-refractivity contribution < 1.29 is 33.3 Å². The van der Waals surface area contributed by atoms with Crippen LogP contribution >= 0.6 is 0 Å². The van der Waals surface area contributed by atoms with Crippen LogP contribution < -0.4 is 18.9 Å². The number of carbonyl (C=O) groups excluding carboxylic acids is 2. The Morgan fingerprint density at radius 2 is 1.84 bits per heavy atom. The first-order valence-corrected chi connectivity index (χ1v) is 10.8. The molecule has 2 aliphatic rings. The molecule has 32 heavy (non-hydrogen) atoms. The van der Waals surface area contributed by atoms with Gasteiger partial charge in [0.1, 0.15) is 13.2 Å². The molecule has 8 heteroatoms. The topological polar surface area (TPSA) is 83.5 Å². The molecule has 2 aromatic carbocycles. The van der Waals surface area contributed by atoms with Crippen LogP contribution in [0.25, 0.3) is 0 Å². The summed E-state index contributed by atoms with van der Waals surface area (Å²) in [4.78, 5) is 26.6. The van der Waals surface area contributed by atoms with Crippen LogP contribution in [0.1, 0.15) is 30.9 Å². The molecule has 4 rings (SSSR count). The van der Waals surface area contributed by atoms with Crippen molar-refractivity contribution in [1.29, 1.82) is 0 Å². The van der Waals surface area contributed by atoms with Gasteiger partial charge in [-0.05, 0) is 42.7 Å². The largest absolute Gasteiger partial charge is 0.493 e. The van der Waals surface area contributed by atoms with Crippen LogP contribution in [-0.4, -0.2) is 56.9 Å². The Balaban J connectivity index is 1.26. The summed E-state index contributed by atoms with van der Waals surface area (Å²) in [5.74, 6) is 1.88. The summed E-state index contributed by atoms with van der Waals surface area (Å²) in [6, 6.07) is 12.9. The van der Waals surface area contributed by atoms with E-state index < -0.39 is 5.97 Å². The Morgan fingerprint density at radius 1 is 1.06 bits per heavy atom. The number of esters is 1. The molecule has 0 aliphatic carbocycles. The fraction of sp³-hybridized carbons (Fsp3) is 0.417. The van der Waals surface area contributed by atoms with Crippen LogP contribution in [0.4, 0.5) is 0 Å². The van der Waals surface area contributed by atoms with Gasteiger partial charge >= 0.3 is 5.97 Å². The number of hydrogen-bond acceptors (Lipinski definition) is 7. The van der Waals surface area contributed by atoms with E-state index >= 15 is 0 Å². The second-order valence-corrected chi connectivity index (χ2v) is 7.56. The highest BCUT2D eigenvalue weighted by atomic mass is 16.6. The first kappa shape index (κ1) is 21.8. The molecule has 0 saturated carbocycles. The summed E-state index contributed by atoms with van der Waals surface area (Å²) in [7, 11) is 1.55. The fourth-order valence-electron chi connectivity index (χ4n) is 3.96. The van der Waals surface area contributed by atoms with E-state index in [2.05, 4.69) is 0 Å². The fourth-order valence-corrected chi connectivity index (χ4v) is 3.96. The molecule has 0 spiro atoms. The highest BCUT2D eigenvalue weighted by Gasteiger charge is 2.31.